The number of ether oxygens (including phenoxy) is 1. The molecule has 1 fully saturated rings. The zero-order valence-electron chi connectivity index (χ0n) is 14.2. The van der Waals surface area contributed by atoms with Crippen molar-refractivity contribution in [3.63, 3.8) is 0 Å². The van der Waals surface area contributed by atoms with E-state index in [1.807, 2.05) is 35.2 Å². The van der Waals surface area contributed by atoms with Gasteiger partial charge in [-0.05, 0) is 43.0 Å². The zero-order valence-corrected chi connectivity index (χ0v) is 14.2. The minimum atomic E-state index is 0.00484. The molecule has 1 aromatic heterocycles. The fourth-order valence-corrected chi connectivity index (χ4v) is 3.06. The lowest BCUT2D eigenvalue weighted by atomic mass is 10.00. The maximum atomic E-state index is 12.7. The standard InChI is InChI=1S/C19H23N3O2/c1-14-6-5-11-22(13-14)19(23)17-12-15(9-10-20-17)21-16-7-3-4-8-18(16)24-2/h3-4,7-10,12,14H,5-6,11,13H2,1-2H3,(H,20,21). The summed E-state index contributed by atoms with van der Waals surface area (Å²) in [5.74, 6) is 1.31. The van der Waals surface area contributed by atoms with Gasteiger partial charge in [0.2, 0.25) is 0 Å². The second kappa shape index (κ2) is 7.34. The van der Waals surface area contributed by atoms with E-state index in [9.17, 15) is 4.79 Å². The van der Waals surface area contributed by atoms with Crippen molar-refractivity contribution in [3.8, 4) is 5.75 Å². The number of nitrogens with one attached hydrogen (secondary N) is 1. The number of carbonyl (C=O) groups excluding carboxylic acids is 1. The average molecular weight is 325 g/mol. The molecular weight excluding hydrogens is 302 g/mol. The fourth-order valence-electron chi connectivity index (χ4n) is 3.06. The number of anilines is 2. The van der Waals surface area contributed by atoms with Crippen LogP contribution >= 0.6 is 0 Å². The normalized spacial score (nSPS) is 17.4. The van der Waals surface area contributed by atoms with Gasteiger partial charge in [0.05, 0.1) is 12.8 Å². The molecule has 1 aliphatic heterocycles. The molecule has 0 radical (unpaired) electrons. The predicted octanol–water partition coefficient (Wildman–Crippen LogP) is 3.71. The molecule has 1 unspecified atom stereocenters. The summed E-state index contributed by atoms with van der Waals surface area (Å²) in [4.78, 5) is 18.9. The van der Waals surface area contributed by atoms with Gasteiger partial charge in [-0.1, -0.05) is 19.1 Å². The molecule has 2 aromatic rings. The molecule has 3 rings (SSSR count). The minimum absolute atomic E-state index is 0.00484. The Hall–Kier alpha value is -2.56. The number of hydrogen-bond donors (Lipinski definition) is 1. The van der Waals surface area contributed by atoms with Crippen molar-refractivity contribution in [1.82, 2.24) is 9.88 Å². The van der Waals surface area contributed by atoms with Gasteiger partial charge in [0.15, 0.2) is 0 Å². The van der Waals surface area contributed by atoms with E-state index in [1.165, 1.54) is 6.42 Å². The maximum Gasteiger partial charge on any atom is 0.272 e. The van der Waals surface area contributed by atoms with Gasteiger partial charge in [-0.3, -0.25) is 9.78 Å². The van der Waals surface area contributed by atoms with Crippen molar-refractivity contribution < 1.29 is 9.53 Å². The van der Waals surface area contributed by atoms with E-state index >= 15 is 0 Å². The van der Waals surface area contributed by atoms with E-state index in [0.717, 1.165) is 36.6 Å². The van der Waals surface area contributed by atoms with Crippen molar-refractivity contribution in [2.75, 3.05) is 25.5 Å². The molecule has 0 bridgehead atoms. The van der Waals surface area contributed by atoms with Crippen LogP contribution in [0.5, 0.6) is 5.75 Å². The van der Waals surface area contributed by atoms with Crippen molar-refractivity contribution in [2.45, 2.75) is 19.8 Å². The first kappa shape index (κ1) is 16.3. The third-order valence-corrected chi connectivity index (χ3v) is 4.31. The number of carbonyl (C=O) groups is 1. The third kappa shape index (κ3) is 3.67. The second-order valence-corrected chi connectivity index (χ2v) is 6.25. The number of aromatic nitrogens is 1. The number of rotatable bonds is 4. The van der Waals surface area contributed by atoms with Crippen LogP contribution in [-0.2, 0) is 0 Å². The largest absolute Gasteiger partial charge is 0.495 e. The molecule has 1 amide bonds. The number of piperidine rings is 1. The van der Waals surface area contributed by atoms with Gasteiger partial charge in [0.25, 0.3) is 5.91 Å². The van der Waals surface area contributed by atoms with Gasteiger partial charge in [-0.15, -0.1) is 0 Å². The van der Waals surface area contributed by atoms with Crippen molar-refractivity contribution >= 4 is 17.3 Å². The summed E-state index contributed by atoms with van der Waals surface area (Å²) in [7, 11) is 1.64. The Balaban J connectivity index is 1.77. The van der Waals surface area contributed by atoms with Crippen molar-refractivity contribution in [3.05, 3.63) is 48.3 Å². The number of methoxy groups -OCH3 is 1. The molecule has 0 spiro atoms. The quantitative estimate of drug-likeness (QED) is 0.931. The van der Waals surface area contributed by atoms with Gasteiger partial charge in [0.1, 0.15) is 11.4 Å². The first-order valence-corrected chi connectivity index (χ1v) is 8.32. The SMILES string of the molecule is COc1ccccc1Nc1ccnc(C(=O)N2CCCC(C)C2)c1. The van der Waals surface area contributed by atoms with E-state index in [1.54, 1.807) is 19.4 Å². The molecule has 2 heterocycles. The Morgan fingerprint density at radius 1 is 1.33 bits per heavy atom. The Morgan fingerprint density at radius 2 is 2.17 bits per heavy atom. The van der Waals surface area contributed by atoms with E-state index in [0.29, 0.717) is 11.6 Å². The number of nitrogens with zero attached hydrogens (tertiary/aromatic N) is 2. The van der Waals surface area contributed by atoms with Gasteiger partial charge in [-0.25, -0.2) is 0 Å². The Morgan fingerprint density at radius 3 is 2.96 bits per heavy atom. The van der Waals surface area contributed by atoms with Gasteiger partial charge >= 0.3 is 0 Å². The summed E-state index contributed by atoms with van der Waals surface area (Å²) in [6.07, 6.45) is 3.91. The van der Waals surface area contributed by atoms with E-state index in [-0.39, 0.29) is 5.91 Å². The Bertz CT molecular complexity index is 717. The van der Waals surface area contributed by atoms with Crippen molar-refractivity contribution in [2.24, 2.45) is 5.92 Å². The Kier molecular flexibility index (Phi) is 4.99. The number of likely N-dealkylation sites (tertiary alicyclic amines) is 1. The molecule has 126 valence electrons. The van der Waals surface area contributed by atoms with Gasteiger partial charge < -0.3 is 15.0 Å². The number of hydrogen-bond acceptors (Lipinski definition) is 4. The third-order valence-electron chi connectivity index (χ3n) is 4.31. The highest BCUT2D eigenvalue weighted by molar-refractivity contribution is 5.93. The molecular formula is C19H23N3O2. The van der Waals surface area contributed by atoms with Crippen LogP contribution in [0.2, 0.25) is 0 Å². The van der Waals surface area contributed by atoms with E-state index < -0.39 is 0 Å². The number of pyridine rings is 1. The molecule has 1 aliphatic rings. The molecule has 5 nitrogen and oxygen atoms in total. The summed E-state index contributed by atoms with van der Waals surface area (Å²) < 4.78 is 5.35. The molecule has 1 aromatic carbocycles. The molecule has 1 atom stereocenters. The summed E-state index contributed by atoms with van der Waals surface area (Å²) >= 11 is 0. The molecule has 5 heteroatoms. The monoisotopic (exact) mass is 325 g/mol. The lowest BCUT2D eigenvalue weighted by Crippen LogP contribution is -2.39. The van der Waals surface area contributed by atoms with E-state index in [4.69, 9.17) is 4.74 Å². The number of para-hydroxylation sites is 2. The lowest BCUT2D eigenvalue weighted by Gasteiger charge is -2.30. The van der Waals surface area contributed by atoms with Crippen LogP contribution in [0, 0.1) is 5.92 Å². The number of amides is 1. The highest BCUT2D eigenvalue weighted by Gasteiger charge is 2.23. The molecule has 1 N–H and O–H groups in total. The van der Waals surface area contributed by atoms with Gasteiger partial charge in [-0.2, -0.15) is 0 Å². The van der Waals surface area contributed by atoms with Crippen LogP contribution in [0.4, 0.5) is 11.4 Å². The van der Waals surface area contributed by atoms with Crippen LogP contribution in [0.25, 0.3) is 0 Å². The highest BCUT2D eigenvalue weighted by Crippen LogP contribution is 2.27. The van der Waals surface area contributed by atoms with Crippen LogP contribution in [0.3, 0.4) is 0 Å². The maximum absolute atomic E-state index is 12.7. The topological polar surface area (TPSA) is 54.5 Å². The molecule has 1 saturated heterocycles. The van der Waals surface area contributed by atoms with Gasteiger partial charge in [0, 0.05) is 25.0 Å². The molecule has 0 saturated carbocycles. The summed E-state index contributed by atoms with van der Waals surface area (Å²) in [6.45, 7) is 3.81. The Labute approximate surface area is 142 Å². The lowest BCUT2D eigenvalue weighted by molar-refractivity contribution is 0.0677. The minimum Gasteiger partial charge on any atom is -0.495 e. The smallest absolute Gasteiger partial charge is 0.272 e. The van der Waals surface area contributed by atoms with Crippen LogP contribution < -0.4 is 10.1 Å². The summed E-state index contributed by atoms with van der Waals surface area (Å²) in [5.41, 5.74) is 2.16. The number of benzene rings is 1. The fraction of sp³-hybridized carbons (Fsp3) is 0.368. The summed E-state index contributed by atoms with van der Waals surface area (Å²) in [6, 6.07) is 11.3. The summed E-state index contributed by atoms with van der Waals surface area (Å²) in [5, 5.41) is 3.29. The van der Waals surface area contributed by atoms with Crippen LogP contribution in [0.15, 0.2) is 42.6 Å². The molecule has 0 aliphatic carbocycles. The first-order chi connectivity index (χ1) is 11.7. The second-order valence-electron chi connectivity index (χ2n) is 6.25. The average Bonchev–Trinajstić information content (AvgIpc) is 2.62. The van der Waals surface area contributed by atoms with Crippen LogP contribution in [0.1, 0.15) is 30.3 Å². The zero-order chi connectivity index (χ0) is 16.9. The predicted molar refractivity (Wildman–Crippen MR) is 94.8 cm³/mol. The molecule has 24 heavy (non-hydrogen) atoms. The highest BCUT2D eigenvalue weighted by atomic mass is 16.5. The van der Waals surface area contributed by atoms with Crippen molar-refractivity contribution in [1.29, 1.82) is 0 Å². The van der Waals surface area contributed by atoms with Crippen LogP contribution in [-0.4, -0.2) is 36.0 Å². The first-order valence-electron chi connectivity index (χ1n) is 8.32. The van der Waals surface area contributed by atoms with E-state index in [2.05, 4.69) is 17.2 Å².